The lowest BCUT2D eigenvalue weighted by molar-refractivity contribution is 0.0954. The van der Waals surface area contributed by atoms with Gasteiger partial charge < -0.3 is 4.90 Å². The Morgan fingerprint density at radius 2 is 1.78 bits per heavy atom. The van der Waals surface area contributed by atoms with Crippen LogP contribution in [0.25, 0.3) is 6.08 Å². The summed E-state index contributed by atoms with van der Waals surface area (Å²) < 4.78 is 0. The molecule has 144 valence electrons. The van der Waals surface area contributed by atoms with Crippen molar-refractivity contribution in [1.29, 1.82) is 0 Å². The van der Waals surface area contributed by atoms with Gasteiger partial charge in [-0.15, -0.1) is 12.4 Å². The summed E-state index contributed by atoms with van der Waals surface area (Å²) in [5.41, 5.74) is 5.06. The molecule has 0 saturated heterocycles. The zero-order valence-electron chi connectivity index (χ0n) is 15.7. The number of nitrogens with zero attached hydrogens (tertiary/aromatic N) is 2. The van der Waals surface area contributed by atoms with Crippen molar-refractivity contribution in [3.63, 3.8) is 0 Å². The molecular weight excluding hydrogens is 381 g/mol. The SMILES string of the molecule is CC(CN(C)C)C(/C=C/c1ccc(Cl)cc1)=N/NC(=O)c1ccccc1.Cl. The van der Waals surface area contributed by atoms with Crippen LogP contribution >= 0.6 is 24.0 Å². The van der Waals surface area contributed by atoms with Gasteiger partial charge >= 0.3 is 0 Å². The number of hydrogen-bond acceptors (Lipinski definition) is 3. The molecule has 1 unspecified atom stereocenters. The van der Waals surface area contributed by atoms with Gasteiger partial charge in [0.25, 0.3) is 5.91 Å². The Hall–Kier alpha value is -2.14. The second kappa shape index (κ2) is 11.5. The first-order chi connectivity index (χ1) is 12.5. The molecule has 0 aromatic heterocycles. The Kier molecular flexibility index (Phi) is 9.79. The molecule has 0 fully saturated rings. The number of halogens is 2. The van der Waals surface area contributed by atoms with Crippen molar-refractivity contribution in [3.8, 4) is 0 Å². The number of allylic oxidation sites excluding steroid dienone is 1. The van der Waals surface area contributed by atoms with E-state index in [0.717, 1.165) is 17.8 Å². The van der Waals surface area contributed by atoms with Gasteiger partial charge in [-0.2, -0.15) is 5.10 Å². The lowest BCUT2D eigenvalue weighted by atomic mass is 10.0. The molecule has 6 heteroatoms. The maximum Gasteiger partial charge on any atom is 0.271 e. The third-order valence-electron chi connectivity index (χ3n) is 3.78. The smallest absolute Gasteiger partial charge is 0.271 e. The van der Waals surface area contributed by atoms with Crippen molar-refractivity contribution in [2.45, 2.75) is 6.92 Å². The normalized spacial score (nSPS) is 12.7. The minimum absolute atomic E-state index is 0. The number of benzene rings is 2. The minimum Gasteiger partial charge on any atom is -0.309 e. The summed E-state index contributed by atoms with van der Waals surface area (Å²) in [5, 5.41) is 5.06. The molecule has 0 aliphatic rings. The molecule has 0 heterocycles. The Bertz CT molecular complexity index is 772. The van der Waals surface area contributed by atoms with Crippen molar-refractivity contribution in [2.24, 2.45) is 11.0 Å². The number of rotatable bonds is 7. The fourth-order valence-corrected chi connectivity index (χ4v) is 2.60. The summed E-state index contributed by atoms with van der Waals surface area (Å²) in [6, 6.07) is 16.6. The van der Waals surface area contributed by atoms with Crippen LogP contribution in [0, 0.1) is 5.92 Å². The van der Waals surface area contributed by atoms with Crippen LogP contribution < -0.4 is 5.43 Å². The molecule has 0 aliphatic carbocycles. The van der Waals surface area contributed by atoms with Gasteiger partial charge in [-0.3, -0.25) is 4.79 Å². The van der Waals surface area contributed by atoms with Crippen LogP contribution in [-0.4, -0.2) is 37.2 Å². The van der Waals surface area contributed by atoms with E-state index >= 15 is 0 Å². The molecule has 1 atom stereocenters. The van der Waals surface area contributed by atoms with E-state index in [2.05, 4.69) is 22.4 Å². The van der Waals surface area contributed by atoms with Crippen LogP contribution in [0.3, 0.4) is 0 Å². The summed E-state index contributed by atoms with van der Waals surface area (Å²) in [4.78, 5) is 14.3. The first-order valence-corrected chi connectivity index (χ1v) is 8.85. The van der Waals surface area contributed by atoms with E-state index in [4.69, 9.17) is 11.6 Å². The molecule has 2 aromatic rings. The van der Waals surface area contributed by atoms with Gasteiger partial charge in [-0.05, 0) is 50.0 Å². The van der Waals surface area contributed by atoms with Gasteiger partial charge in [0.15, 0.2) is 0 Å². The Balaban J connectivity index is 0.00000364. The van der Waals surface area contributed by atoms with E-state index < -0.39 is 0 Å². The first kappa shape index (κ1) is 22.9. The molecule has 4 nitrogen and oxygen atoms in total. The summed E-state index contributed by atoms with van der Waals surface area (Å²) in [7, 11) is 4.03. The highest BCUT2D eigenvalue weighted by atomic mass is 35.5. The van der Waals surface area contributed by atoms with Crippen LogP contribution in [0.4, 0.5) is 0 Å². The maximum atomic E-state index is 12.2. The van der Waals surface area contributed by atoms with Gasteiger partial charge in [-0.25, -0.2) is 5.43 Å². The predicted octanol–water partition coefficient (Wildman–Crippen LogP) is 4.76. The number of nitrogens with one attached hydrogen (secondary N) is 1. The van der Waals surface area contributed by atoms with E-state index in [9.17, 15) is 4.79 Å². The summed E-state index contributed by atoms with van der Waals surface area (Å²) in [5.74, 6) is -0.0651. The fraction of sp³-hybridized carbons (Fsp3) is 0.238. The lowest BCUT2D eigenvalue weighted by Crippen LogP contribution is -2.27. The number of carbonyl (C=O) groups excluding carboxylic acids is 1. The molecule has 27 heavy (non-hydrogen) atoms. The second-order valence-electron chi connectivity index (χ2n) is 6.39. The molecule has 2 aromatic carbocycles. The molecule has 2 rings (SSSR count). The number of hydrazone groups is 1. The highest BCUT2D eigenvalue weighted by molar-refractivity contribution is 6.30. The van der Waals surface area contributed by atoms with Crippen molar-refractivity contribution in [1.82, 2.24) is 10.3 Å². The van der Waals surface area contributed by atoms with E-state index in [0.29, 0.717) is 10.6 Å². The number of amides is 1. The van der Waals surface area contributed by atoms with Crippen LogP contribution in [0.1, 0.15) is 22.8 Å². The molecule has 0 aliphatic heterocycles. The monoisotopic (exact) mass is 405 g/mol. The van der Waals surface area contributed by atoms with Crippen LogP contribution in [0.2, 0.25) is 5.02 Å². The third-order valence-corrected chi connectivity index (χ3v) is 4.03. The molecule has 0 saturated carbocycles. The highest BCUT2D eigenvalue weighted by Crippen LogP contribution is 2.12. The average molecular weight is 406 g/mol. The molecule has 0 spiro atoms. The predicted molar refractivity (Wildman–Crippen MR) is 117 cm³/mol. The van der Waals surface area contributed by atoms with E-state index in [-0.39, 0.29) is 24.2 Å². The van der Waals surface area contributed by atoms with E-state index in [1.807, 2.05) is 68.7 Å². The van der Waals surface area contributed by atoms with Gasteiger partial charge in [0.1, 0.15) is 0 Å². The van der Waals surface area contributed by atoms with Crippen molar-refractivity contribution >= 4 is 41.7 Å². The largest absolute Gasteiger partial charge is 0.309 e. The quantitative estimate of drug-likeness (QED) is 0.532. The minimum atomic E-state index is -0.222. The van der Waals surface area contributed by atoms with Crippen LogP contribution in [0.15, 0.2) is 65.8 Å². The molecule has 0 bridgehead atoms. The van der Waals surface area contributed by atoms with Crippen molar-refractivity contribution in [3.05, 3.63) is 76.8 Å². The summed E-state index contributed by atoms with van der Waals surface area (Å²) in [6.07, 6.45) is 3.90. The molecule has 1 amide bonds. The number of carbonyl (C=O) groups is 1. The molecule has 0 radical (unpaired) electrons. The Morgan fingerprint density at radius 1 is 1.15 bits per heavy atom. The van der Waals surface area contributed by atoms with E-state index in [1.54, 1.807) is 12.1 Å². The second-order valence-corrected chi connectivity index (χ2v) is 6.83. The maximum absolute atomic E-state index is 12.2. The zero-order valence-corrected chi connectivity index (χ0v) is 17.3. The van der Waals surface area contributed by atoms with Gasteiger partial charge in [0.05, 0.1) is 5.71 Å². The standard InChI is InChI=1S/C21H24ClN3O.ClH/c1-16(15-25(2)3)20(14-11-17-9-12-19(22)13-10-17)23-24-21(26)18-7-5-4-6-8-18;/h4-14,16H,15H2,1-3H3,(H,24,26);1H/b14-11+,23-20+;. The topological polar surface area (TPSA) is 44.7 Å². The summed E-state index contributed by atoms with van der Waals surface area (Å²) in [6.45, 7) is 2.91. The third kappa shape index (κ3) is 7.95. The van der Waals surface area contributed by atoms with Crippen LogP contribution in [-0.2, 0) is 0 Å². The Labute approximate surface area is 172 Å². The summed E-state index contributed by atoms with van der Waals surface area (Å²) >= 11 is 5.92. The van der Waals surface area contributed by atoms with Gasteiger partial charge in [0, 0.05) is 23.0 Å². The van der Waals surface area contributed by atoms with Crippen molar-refractivity contribution < 1.29 is 4.79 Å². The molecular formula is C21H25Cl2N3O. The average Bonchev–Trinajstić information content (AvgIpc) is 2.63. The molecule has 1 N–H and O–H groups in total. The Morgan fingerprint density at radius 3 is 2.37 bits per heavy atom. The van der Waals surface area contributed by atoms with Crippen LogP contribution in [0.5, 0.6) is 0 Å². The number of hydrogen-bond donors (Lipinski definition) is 1. The van der Waals surface area contributed by atoms with Gasteiger partial charge in [-0.1, -0.05) is 54.9 Å². The van der Waals surface area contributed by atoms with E-state index in [1.165, 1.54) is 0 Å². The lowest BCUT2D eigenvalue weighted by Gasteiger charge is -2.17. The highest BCUT2D eigenvalue weighted by Gasteiger charge is 2.11. The fourth-order valence-electron chi connectivity index (χ4n) is 2.48. The first-order valence-electron chi connectivity index (χ1n) is 8.47. The van der Waals surface area contributed by atoms with Gasteiger partial charge in [0.2, 0.25) is 0 Å². The van der Waals surface area contributed by atoms with Crippen molar-refractivity contribution in [2.75, 3.05) is 20.6 Å². The zero-order chi connectivity index (χ0) is 18.9.